The number of aromatic nitrogens is 9. The highest BCUT2D eigenvalue weighted by Crippen LogP contribution is 2.40. The minimum Gasteiger partial charge on any atom is -0.618 e. The summed E-state index contributed by atoms with van der Waals surface area (Å²) < 4.78 is 73.9. The van der Waals surface area contributed by atoms with E-state index in [2.05, 4.69) is 25.5 Å². The Balaban J connectivity index is 1.28. The van der Waals surface area contributed by atoms with Gasteiger partial charge in [-0.3, -0.25) is 14.3 Å². The standard InChI is InChI=1S/C30H21ClF5N9O/c31-22-4-6-25(44-15-23(40-41-44)17-1-2-17)28(29(22)33)19-3-5-24(45(46)13-19)26(16-42-14-21(32)11-38-42)43-12-20(10-39-43)18-7-8-37-27(9-18)30(34,35)36/h3-15,17,26H,1-2,16H2. The van der Waals surface area contributed by atoms with E-state index >= 15 is 4.39 Å². The lowest BCUT2D eigenvalue weighted by molar-refractivity contribution is -0.615. The van der Waals surface area contributed by atoms with Gasteiger partial charge in [0.1, 0.15) is 5.69 Å². The molecule has 1 fully saturated rings. The van der Waals surface area contributed by atoms with Gasteiger partial charge in [-0.05, 0) is 48.7 Å². The SMILES string of the molecule is [O-][n+]1cc(-c2c(-n3cc(C4CC4)nn3)ccc(Cl)c2F)ccc1C(Cn1cc(F)cn1)n1cc(-c2ccnc(C(F)(F)F)c2)cn1. The molecule has 1 aliphatic carbocycles. The lowest BCUT2D eigenvalue weighted by atomic mass is 10.0. The topological polar surface area (TPSA) is 106 Å². The van der Waals surface area contributed by atoms with Crippen molar-refractivity contribution in [3.63, 3.8) is 0 Å². The predicted octanol–water partition coefficient (Wildman–Crippen LogP) is 6.14. The molecule has 0 spiro atoms. The Hall–Kier alpha value is -5.18. The van der Waals surface area contributed by atoms with Crippen LogP contribution >= 0.6 is 11.6 Å². The Labute approximate surface area is 261 Å². The molecular formula is C30H21ClF5N9O. The summed E-state index contributed by atoms with van der Waals surface area (Å²) in [6.45, 7) is -0.0730. The van der Waals surface area contributed by atoms with Crippen LogP contribution in [0.4, 0.5) is 22.0 Å². The van der Waals surface area contributed by atoms with Gasteiger partial charge < -0.3 is 5.21 Å². The van der Waals surface area contributed by atoms with Gasteiger partial charge in [0.15, 0.2) is 23.9 Å². The molecule has 1 unspecified atom stereocenters. The van der Waals surface area contributed by atoms with Crippen LogP contribution < -0.4 is 4.73 Å². The first-order valence-corrected chi connectivity index (χ1v) is 14.3. The minimum absolute atomic E-state index is 0.0288. The zero-order valence-corrected chi connectivity index (χ0v) is 24.2. The highest BCUT2D eigenvalue weighted by atomic mass is 35.5. The molecule has 0 N–H and O–H groups in total. The van der Waals surface area contributed by atoms with Crippen molar-refractivity contribution >= 4 is 11.6 Å². The normalized spacial score (nSPS) is 14.1. The highest BCUT2D eigenvalue weighted by Gasteiger charge is 2.33. The number of nitrogens with zero attached hydrogens (tertiary/aromatic N) is 9. The molecule has 46 heavy (non-hydrogen) atoms. The maximum absolute atomic E-state index is 15.6. The third-order valence-corrected chi connectivity index (χ3v) is 7.96. The van der Waals surface area contributed by atoms with Crippen molar-refractivity contribution in [2.75, 3.05) is 0 Å². The van der Waals surface area contributed by atoms with Crippen molar-refractivity contribution in [1.82, 2.24) is 39.5 Å². The van der Waals surface area contributed by atoms with Crippen LogP contribution in [0.15, 0.2) is 79.8 Å². The molecule has 0 amide bonds. The van der Waals surface area contributed by atoms with Gasteiger partial charge in [0.05, 0.1) is 58.9 Å². The second-order valence-electron chi connectivity index (χ2n) is 10.8. The monoisotopic (exact) mass is 653 g/mol. The Kier molecular flexibility index (Phi) is 7.26. The first-order valence-electron chi connectivity index (χ1n) is 13.9. The Bertz CT molecular complexity index is 2070. The third-order valence-electron chi connectivity index (χ3n) is 7.67. The van der Waals surface area contributed by atoms with E-state index in [0.29, 0.717) is 21.9 Å². The van der Waals surface area contributed by atoms with Gasteiger partial charge in [-0.1, -0.05) is 16.8 Å². The Morgan fingerprint density at radius 2 is 1.80 bits per heavy atom. The number of halogens is 6. The number of benzene rings is 1. The zero-order valence-electron chi connectivity index (χ0n) is 23.5. The first kappa shape index (κ1) is 29.5. The van der Waals surface area contributed by atoms with E-state index in [1.807, 2.05) is 0 Å². The number of hydrogen-bond donors (Lipinski definition) is 0. The van der Waals surface area contributed by atoms with Crippen LogP contribution in [-0.4, -0.2) is 39.5 Å². The van der Waals surface area contributed by atoms with Crippen molar-refractivity contribution in [2.24, 2.45) is 0 Å². The third kappa shape index (κ3) is 5.69. The van der Waals surface area contributed by atoms with E-state index in [1.54, 1.807) is 12.3 Å². The summed E-state index contributed by atoms with van der Waals surface area (Å²) in [5.41, 5.74) is 0.892. The number of hydrogen-bond acceptors (Lipinski definition) is 6. The molecule has 0 saturated heterocycles. The van der Waals surface area contributed by atoms with Gasteiger partial charge in [-0.25, -0.2) is 13.5 Å². The van der Waals surface area contributed by atoms with E-state index in [0.717, 1.165) is 43.2 Å². The summed E-state index contributed by atoms with van der Waals surface area (Å²) in [7, 11) is 0. The Morgan fingerprint density at radius 1 is 0.978 bits per heavy atom. The van der Waals surface area contributed by atoms with Gasteiger partial charge >= 0.3 is 6.18 Å². The van der Waals surface area contributed by atoms with Crippen molar-refractivity contribution in [2.45, 2.75) is 37.5 Å². The second kappa shape index (κ2) is 11.3. The molecule has 6 aromatic rings. The summed E-state index contributed by atoms with van der Waals surface area (Å²) >= 11 is 6.15. The van der Waals surface area contributed by atoms with Crippen molar-refractivity contribution in [3.05, 3.63) is 119 Å². The fraction of sp³-hybridized carbons (Fsp3) is 0.200. The molecule has 0 aliphatic heterocycles. The molecule has 5 heterocycles. The molecule has 1 aromatic carbocycles. The van der Waals surface area contributed by atoms with Crippen LogP contribution in [0.1, 0.15) is 41.9 Å². The molecule has 1 saturated carbocycles. The lowest BCUT2D eigenvalue weighted by Gasteiger charge is -2.18. The molecule has 234 valence electrons. The zero-order chi connectivity index (χ0) is 32.2. The highest BCUT2D eigenvalue weighted by molar-refractivity contribution is 6.31. The molecule has 7 rings (SSSR count). The van der Waals surface area contributed by atoms with Crippen LogP contribution in [0.25, 0.3) is 27.9 Å². The summed E-state index contributed by atoms with van der Waals surface area (Å²) in [5.74, 6) is -1.06. The molecule has 10 nitrogen and oxygen atoms in total. The van der Waals surface area contributed by atoms with Crippen LogP contribution in [0.3, 0.4) is 0 Å². The van der Waals surface area contributed by atoms with Crippen LogP contribution in [0.2, 0.25) is 5.02 Å². The molecule has 0 radical (unpaired) electrons. The molecule has 0 bridgehead atoms. The van der Waals surface area contributed by atoms with E-state index in [-0.39, 0.29) is 34.0 Å². The van der Waals surface area contributed by atoms with Gasteiger partial charge in [-0.15, -0.1) is 5.10 Å². The van der Waals surface area contributed by atoms with E-state index in [4.69, 9.17) is 11.6 Å². The molecular weight excluding hydrogens is 633 g/mol. The maximum Gasteiger partial charge on any atom is 0.433 e. The summed E-state index contributed by atoms with van der Waals surface area (Å²) in [6.07, 6.45) is 6.22. The molecule has 5 aromatic heterocycles. The van der Waals surface area contributed by atoms with Crippen LogP contribution in [0, 0.1) is 16.8 Å². The molecule has 1 atom stereocenters. The summed E-state index contributed by atoms with van der Waals surface area (Å²) in [6, 6.07) is 7.34. The van der Waals surface area contributed by atoms with Gasteiger partial charge in [0.2, 0.25) is 5.69 Å². The fourth-order valence-corrected chi connectivity index (χ4v) is 5.37. The van der Waals surface area contributed by atoms with Crippen LogP contribution in [-0.2, 0) is 12.7 Å². The quantitative estimate of drug-likeness (QED) is 0.111. The molecule has 16 heteroatoms. The fourth-order valence-electron chi connectivity index (χ4n) is 5.22. The average Bonchev–Trinajstić information content (AvgIpc) is 3.37. The second-order valence-corrected chi connectivity index (χ2v) is 11.2. The Morgan fingerprint density at radius 3 is 2.52 bits per heavy atom. The van der Waals surface area contributed by atoms with Crippen molar-refractivity contribution in [1.29, 1.82) is 0 Å². The average molecular weight is 654 g/mol. The van der Waals surface area contributed by atoms with Gasteiger partial charge in [0, 0.05) is 29.9 Å². The number of pyridine rings is 2. The van der Waals surface area contributed by atoms with E-state index in [9.17, 15) is 22.8 Å². The van der Waals surface area contributed by atoms with Gasteiger partial charge in [0.25, 0.3) is 0 Å². The number of rotatable bonds is 8. The van der Waals surface area contributed by atoms with Crippen LogP contribution in [0.5, 0.6) is 0 Å². The van der Waals surface area contributed by atoms with E-state index in [1.165, 1.54) is 56.9 Å². The lowest BCUT2D eigenvalue weighted by Crippen LogP contribution is -2.37. The minimum atomic E-state index is -4.65. The van der Waals surface area contributed by atoms with E-state index < -0.39 is 29.5 Å². The van der Waals surface area contributed by atoms with Gasteiger partial charge in [-0.2, -0.15) is 28.1 Å². The summed E-state index contributed by atoms with van der Waals surface area (Å²) in [4.78, 5) is 3.39. The largest absolute Gasteiger partial charge is 0.618 e. The summed E-state index contributed by atoms with van der Waals surface area (Å²) in [5, 5.41) is 30.1. The maximum atomic E-state index is 15.6. The predicted molar refractivity (Wildman–Crippen MR) is 153 cm³/mol. The number of alkyl halides is 3. The smallest absolute Gasteiger partial charge is 0.433 e. The molecule has 1 aliphatic rings. The van der Waals surface area contributed by atoms with Crippen molar-refractivity contribution in [3.8, 4) is 27.9 Å². The van der Waals surface area contributed by atoms with Crippen molar-refractivity contribution < 1.29 is 26.7 Å². The first-order chi connectivity index (χ1) is 22.0.